The molecule has 0 saturated carbocycles. The maximum absolute atomic E-state index is 13.5. The number of fused-ring (bicyclic) bond motifs is 1. The van der Waals surface area contributed by atoms with Crippen LogP contribution in [-0.2, 0) is 16.0 Å². The van der Waals surface area contributed by atoms with E-state index in [1.54, 1.807) is 40.1 Å². The largest absolute Gasteiger partial charge is 0.491 e. The molecule has 0 N–H and O–H groups in total. The van der Waals surface area contributed by atoms with Gasteiger partial charge in [0.05, 0.1) is 38.5 Å². The van der Waals surface area contributed by atoms with E-state index in [9.17, 15) is 14.0 Å². The van der Waals surface area contributed by atoms with E-state index in [1.807, 2.05) is 0 Å². The Hall–Kier alpha value is -2.78. The molecule has 2 amide bonds. The Bertz CT molecular complexity index is 934. The second-order valence-electron chi connectivity index (χ2n) is 7.20. The van der Waals surface area contributed by atoms with Gasteiger partial charge in [-0.2, -0.15) is 13.5 Å². The van der Waals surface area contributed by atoms with Gasteiger partial charge < -0.3 is 24.0 Å². The number of carbonyl (C=O) groups excluding carboxylic acids is 2. The van der Waals surface area contributed by atoms with Gasteiger partial charge in [0.25, 0.3) is 0 Å². The number of hydrogen-bond donors (Lipinski definition) is 0. The number of hydrogen-bond acceptors (Lipinski definition) is 5. The van der Waals surface area contributed by atoms with Crippen molar-refractivity contribution >= 4 is 25.5 Å². The number of methoxy groups -OCH3 is 1. The van der Waals surface area contributed by atoms with Crippen molar-refractivity contribution < 1.29 is 28.2 Å². The molecule has 0 radical (unpaired) electrons. The SMILES string of the molecule is COC(=O)c1ccc2c(c1)OC[C@H](c1ccc(F)cc1)N(C(=O)N1CCOCC1)C2.S. The first-order valence-electron chi connectivity index (χ1n) is 9.79. The van der Waals surface area contributed by atoms with Gasteiger partial charge in [-0.1, -0.05) is 18.2 Å². The highest BCUT2D eigenvalue weighted by Crippen LogP contribution is 2.33. The quantitative estimate of drug-likeness (QED) is 0.661. The lowest BCUT2D eigenvalue weighted by molar-refractivity contribution is 0.0362. The summed E-state index contributed by atoms with van der Waals surface area (Å²) in [5.41, 5.74) is 1.94. The molecule has 166 valence electrons. The van der Waals surface area contributed by atoms with Gasteiger partial charge in [-0.25, -0.2) is 14.0 Å². The Morgan fingerprint density at radius 3 is 2.48 bits per heavy atom. The van der Waals surface area contributed by atoms with Gasteiger partial charge in [-0.05, 0) is 29.8 Å². The number of amides is 2. The Morgan fingerprint density at radius 1 is 1.10 bits per heavy atom. The number of esters is 1. The number of morpholine rings is 1. The minimum atomic E-state index is -0.456. The number of urea groups is 1. The maximum Gasteiger partial charge on any atom is 0.337 e. The third-order valence-electron chi connectivity index (χ3n) is 5.38. The molecule has 0 aromatic heterocycles. The Morgan fingerprint density at radius 2 is 1.81 bits per heavy atom. The monoisotopic (exact) mass is 448 g/mol. The van der Waals surface area contributed by atoms with Crippen LogP contribution in [0.5, 0.6) is 5.75 Å². The Kier molecular flexibility index (Phi) is 7.40. The molecule has 4 rings (SSSR count). The average molecular weight is 449 g/mol. The number of carbonyl (C=O) groups is 2. The molecule has 9 heteroatoms. The van der Waals surface area contributed by atoms with Gasteiger partial charge in [0.15, 0.2) is 0 Å². The van der Waals surface area contributed by atoms with E-state index in [2.05, 4.69) is 0 Å². The van der Waals surface area contributed by atoms with Crippen LogP contribution >= 0.6 is 13.5 Å². The zero-order valence-corrected chi connectivity index (χ0v) is 18.2. The molecule has 1 saturated heterocycles. The lowest BCUT2D eigenvalue weighted by Gasteiger charge is -2.36. The van der Waals surface area contributed by atoms with E-state index in [-0.39, 0.29) is 32.0 Å². The summed E-state index contributed by atoms with van der Waals surface area (Å²) >= 11 is 0. The minimum Gasteiger partial charge on any atom is -0.491 e. The number of benzene rings is 2. The third-order valence-corrected chi connectivity index (χ3v) is 5.38. The number of ether oxygens (including phenoxy) is 3. The van der Waals surface area contributed by atoms with Crippen molar-refractivity contribution in [2.24, 2.45) is 0 Å². The molecule has 2 aromatic carbocycles. The van der Waals surface area contributed by atoms with Crippen molar-refractivity contribution in [1.82, 2.24) is 9.80 Å². The van der Waals surface area contributed by atoms with Crippen LogP contribution in [-0.4, -0.2) is 61.8 Å². The lowest BCUT2D eigenvalue weighted by Crippen LogP contribution is -2.49. The molecule has 31 heavy (non-hydrogen) atoms. The molecule has 0 unspecified atom stereocenters. The number of halogens is 1. The van der Waals surface area contributed by atoms with Gasteiger partial charge in [-0.3, -0.25) is 0 Å². The molecule has 2 aliphatic heterocycles. The fourth-order valence-electron chi connectivity index (χ4n) is 3.72. The lowest BCUT2D eigenvalue weighted by atomic mass is 10.1. The molecule has 2 aliphatic rings. The van der Waals surface area contributed by atoms with Crippen LogP contribution in [0.3, 0.4) is 0 Å². The first-order chi connectivity index (χ1) is 14.6. The summed E-state index contributed by atoms with van der Waals surface area (Å²) in [4.78, 5) is 28.8. The molecule has 2 aromatic rings. The van der Waals surface area contributed by atoms with Gasteiger partial charge in [0.2, 0.25) is 0 Å². The summed E-state index contributed by atoms with van der Waals surface area (Å²) in [6.45, 7) is 2.50. The topological polar surface area (TPSA) is 68.3 Å². The molecule has 0 bridgehead atoms. The molecule has 2 heterocycles. The fourth-order valence-corrected chi connectivity index (χ4v) is 3.72. The van der Waals surface area contributed by atoms with Crippen LogP contribution < -0.4 is 4.74 Å². The van der Waals surface area contributed by atoms with E-state index in [1.165, 1.54) is 19.2 Å². The maximum atomic E-state index is 13.5. The van der Waals surface area contributed by atoms with Crippen LogP contribution in [0.15, 0.2) is 42.5 Å². The van der Waals surface area contributed by atoms with E-state index in [0.717, 1.165) is 11.1 Å². The highest BCUT2D eigenvalue weighted by molar-refractivity contribution is 7.59. The zero-order chi connectivity index (χ0) is 21.1. The summed E-state index contributed by atoms with van der Waals surface area (Å²) < 4.78 is 29.6. The van der Waals surface area contributed by atoms with Crippen LogP contribution in [0.4, 0.5) is 9.18 Å². The summed E-state index contributed by atoms with van der Waals surface area (Å²) in [6, 6.07) is 10.6. The second kappa shape index (κ2) is 10.0. The summed E-state index contributed by atoms with van der Waals surface area (Å²) in [6.07, 6.45) is 0. The predicted octanol–water partition coefficient (Wildman–Crippen LogP) is 3.11. The normalized spacial score (nSPS) is 18.2. The molecule has 0 spiro atoms. The molecular formula is C22H25FN2O5S. The smallest absolute Gasteiger partial charge is 0.337 e. The molecule has 7 nitrogen and oxygen atoms in total. The van der Waals surface area contributed by atoms with Gasteiger partial charge in [-0.15, -0.1) is 0 Å². The molecular weight excluding hydrogens is 423 g/mol. The van der Waals surface area contributed by atoms with Crippen molar-refractivity contribution in [3.8, 4) is 5.75 Å². The number of rotatable bonds is 2. The van der Waals surface area contributed by atoms with E-state index >= 15 is 0 Å². The Balaban J connectivity index is 0.00000272. The Labute approximate surface area is 187 Å². The van der Waals surface area contributed by atoms with Crippen LogP contribution in [0.1, 0.15) is 27.5 Å². The average Bonchev–Trinajstić information content (AvgIpc) is 2.98. The summed E-state index contributed by atoms with van der Waals surface area (Å²) in [5.74, 6) is -0.269. The van der Waals surface area contributed by atoms with Crippen LogP contribution in [0.25, 0.3) is 0 Å². The number of nitrogens with zero attached hydrogens (tertiary/aromatic N) is 2. The highest BCUT2D eigenvalue weighted by Gasteiger charge is 2.33. The minimum absolute atomic E-state index is 0. The van der Waals surface area contributed by atoms with E-state index in [4.69, 9.17) is 14.2 Å². The molecule has 1 fully saturated rings. The van der Waals surface area contributed by atoms with Crippen LogP contribution in [0, 0.1) is 5.82 Å². The molecule has 1 atom stereocenters. The van der Waals surface area contributed by atoms with Crippen LogP contribution in [0.2, 0.25) is 0 Å². The van der Waals surface area contributed by atoms with Crippen molar-refractivity contribution in [3.05, 3.63) is 65.0 Å². The van der Waals surface area contributed by atoms with Crippen molar-refractivity contribution in [3.63, 3.8) is 0 Å². The van der Waals surface area contributed by atoms with E-state index in [0.29, 0.717) is 44.2 Å². The summed E-state index contributed by atoms with van der Waals surface area (Å²) in [5, 5.41) is 0. The van der Waals surface area contributed by atoms with Crippen molar-refractivity contribution in [2.45, 2.75) is 12.6 Å². The van der Waals surface area contributed by atoms with Crippen molar-refractivity contribution in [2.75, 3.05) is 40.0 Å². The van der Waals surface area contributed by atoms with Crippen molar-refractivity contribution in [1.29, 1.82) is 0 Å². The first kappa shape index (κ1) is 22.9. The van der Waals surface area contributed by atoms with Gasteiger partial charge in [0, 0.05) is 18.7 Å². The highest BCUT2D eigenvalue weighted by atomic mass is 32.1. The zero-order valence-electron chi connectivity index (χ0n) is 17.2. The standard InChI is InChI=1S/C22H23FN2O5.H2S/c1-28-21(26)16-2-3-17-13-25(22(27)24-8-10-29-11-9-24)19(14-30-20(17)12-16)15-4-6-18(23)7-5-15;/h2-7,12,19H,8-11,13-14H2,1H3;1H2/t19-;/m1./s1. The van der Waals surface area contributed by atoms with Gasteiger partial charge >= 0.3 is 12.0 Å². The van der Waals surface area contributed by atoms with Gasteiger partial charge in [0.1, 0.15) is 18.2 Å². The summed E-state index contributed by atoms with van der Waals surface area (Å²) in [7, 11) is 1.32. The fraction of sp³-hybridized carbons (Fsp3) is 0.364. The predicted molar refractivity (Wildman–Crippen MR) is 116 cm³/mol. The third kappa shape index (κ3) is 4.94. The molecule has 0 aliphatic carbocycles. The second-order valence-corrected chi connectivity index (χ2v) is 7.20. The van der Waals surface area contributed by atoms with E-state index < -0.39 is 12.0 Å². The first-order valence-corrected chi connectivity index (χ1v) is 9.79.